The fraction of sp³-hybridized carbons (Fsp3) is 0.0833. The van der Waals surface area contributed by atoms with E-state index in [9.17, 15) is 13.2 Å². The minimum Gasteiger partial charge on any atom is -0.321 e. The molecule has 0 atom stereocenters. The van der Waals surface area contributed by atoms with Crippen molar-refractivity contribution in [2.45, 2.75) is 18.7 Å². The molecule has 0 unspecified atom stereocenters. The van der Waals surface area contributed by atoms with Crippen molar-refractivity contribution in [3.05, 3.63) is 95.7 Å². The van der Waals surface area contributed by atoms with E-state index in [-0.39, 0.29) is 10.8 Å². The number of benzene rings is 3. The van der Waals surface area contributed by atoms with Crippen LogP contribution in [0.5, 0.6) is 0 Å². The molecule has 0 bridgehead atoms. The molecule has 0 saturated heterocycles. The Morgan fingerprint density at radius 3 is 2.32 bits per heavy atom. The third kappa shape index (κ3) is 4.57. The van der Waals surface area contributed by atoms with Gasteiger partial charge in [0.25, 0.3) is 15.9 Å². The summed E-state index contributed by atoms with van der Waals surface area (Å²) < 4.78 is 27.8. The lowest BCUT2D eigenvalue weighted by Crippen LogP contribution is -2.14. The number of hydrogen-bond acceptors (Lipinski definition) is 4. The average Bonchev–Trinajstić information content (AvgIpc) is 2.75. The molecule has 6 nitrogen and oxygen atoms in total. The number of hydrogen-bond donors (Lipinski definition) is 2. The molecule has 0 aliphatic heterocycles. The number of aryl methyl sites for hydroxylation is 2. The number of pyridine rings is 1. The van der Waals surface area contributed by atoms with E-state index in [4.69, 9.17) is 0 Å². The molecule has 0 spiro atoms. The van der Waals surface area contributed by atoms with Crippen molar-refractivity contribution in [3.63, 3.8) is 0 Å². The van der Waals surface area contributed by atoms with Crippen LogP contribution < -0.4 is 10.0 Å². The number of carbonyl (C=O) groups is 1. The first-order valence-electron chi connectivity index (χ1n) is 9.68. The van der Waals surface area contributed by atoms with E-state index >= 15 is 0 Å². The van der Waals surface area contributed by atoms with Gasteiger partial charge in [-0.1, -0.05) is 24.3 Å². The summed E-state index contributed by atoms with van der Waals surface area (Å²) in [5, 5.41) is 3.74. The third-order valence-corrected chi connectivity index (χ3v) is 6.42. The predicted octanol–water partition coefficient (Wildman–Crippen LogP) is 4.90. The number of nitrogens with one attached hydrogen (secondary N) is 2. The molecule has 0 fully saturated rings. The van der Waals surface area contributed by atoms with Crippen LogP contribution in [0.15, 0.2) is 83.9 Å². The SMILES string of the molecule is Cc1ccc(S(=O)(=O)Nc2ccc(C(=O)Nc3cnc4ccccc4c3)cc2)cc1C. The minimum atomic E-state index is -3.71. The molecule has 7 heteroatoms. The van der Waals surface area contributed by atoms with Crippen LogP contribution in [0.4, 0.5) is 11.4 Å². The van der Waals surface area contributed by atoms with Crippen molar-refractivity contribution in [1.82, 2.24) is 4.98 Å². The second-order valence-electron chi connectivity index (χ2n) is 7.30. The molecular formula is C24H21N3O3S. The number of para-hydroxylation sites is 1. The zero-order valence-electron chi connectivity index (χ0n) is 17.1. The number of nitrogens with zero attached hydrogens (tertiary/aromatic N) is 1. The van der Waals surface area contributed by atoms with Crippen LogP contribution in [-0.4, -0.2) is 19.3 Å². The molecule has 1 amide bonds. The molecule has 31 heavy (non-hydrogen) atoms. The van der Waals surface area contributed by atoms with E-state index in [0.717, 1.165) is 22.0 Å². The Kier molecular flexibility index (Phi) is 5.44. The van der Waals surface area contributed by atoms with E-state index in [0.29, 0.717) is 16.9 Å². The zero-order chi connectivity index (χ0) is 22.0. The number of anilines is 2. The van der Waals surface area contributed by atoms with Gasteiger partial charge in [-0.3, -0.25) is 14.5 Å². The maximum Gasteiger partial charge on any atom is 0.261 e. The molecule has 0 aliphatic rings. The fourth-order valence-corrected chi connectivity index (χ4v) is 4.27. The Morgan fingerprint density at radius 1 is 0.839 bits per heavy atom. The summed E-state index contributed by atoms with van der Waals surface area (Å²) in [6.45, 7) is 3.80. The summed E-state index contributed by atoms with van der Waals surface area (Å²) in [6.07, 6.45) is 1.60. The molecule has 0 saturated carbocycles. The third-order valence-electron chi connectivity index (χ3n) is 5.04. The summed E-state index contributed by atoms with van der Waals surface area (Å²) in [5.41, 5.74) is 4.14. The van der Waals surface area contributed by atoms with E-state index in [2.05, 4.69) is 15.0 Å². The highest BCUT2D eigenvalue weighted by molar-refractivity contribution is 7.92. The molecule has 3 aromatic carbocycles. The lowest BCUT2D eigenvalue weighted by Gasteiger charge is -2.11. The summed E-state index contributed by atoms with van der Waals surface area (Å²) in [7, 11) is -3.71. The summed E-state index contributed by atoms with van der Waals surface area (Å²) in [5.74, 6) is -0.305. The van der Waals surface area contributed by atoms with Gasteiger partial charge in [0.05, 0.1) is 22.3 Å². The van der Waals surface area contributed by atoms with Crippen LogP contribution in [0.2, 0.25) is 0 Å². The quantitative estimate of drug-likeness (QED) is 0.470. The van der Waals surface area contributed by atoms with Crippen LogP contribution in [0.1, 0.15) is 21.5 Å². The molecule has 156 valence electrons. The van der Waals surface area contributed by atoms with Crippen LogP contribution in [0.25, 0.3) is 10.9 Å². The van der Waals surface area contributed by atoms with Gasteiger partial charge < -0.3 is 5.32 Å². The van der Waals surface area contributed by atoms with Gasteiger partial charge in [0.1, 0.15) is 0 Å². The van der Waals surface area contributed by atoms with Gasteiger partial charge >= 0.3 is 0 Å². The van der Waals surface area contributed by atoms with Crippen molar-refractivity contribution in [1.29, 1.82) is 0 Å². The van der Waals surface area contributed by atoms with Crippen LogP contribution in [0, 0.1) is 13.8 Å². The standard InChI is InChI=1S/C24H21N3O3S/c1-16-7-12-22(13-17(16)2)31(29,30)27-20-10-8-18(9-11-20)24(28)26-21-14-19-5-3-4-6-23(19)25-15-21/h3-15,27H,1-2H3,(H,26,28). The number of rotatable bonds is 5. The van der Waals surface area contributed by atoms with Crippen molar-refractivity contribution in [2.75, 3.05) is 10.0 Å². The molecule has 0 radical (unpaired) electrons. The number of sulfonamides is 1. The van der Waals surface area contributed by atoms with Crippen LogP contribution in [-0.2, 0) is 10.0 Å². The lowest BCUT2D eigenvalue weighted by atomic mass is 10.1. The summed E-state index contributed by atoms with van der Waals surface area (Å²) in [4.78, 5) is 17.1. The highest BCUT2D eigenvalue weighted by Gasteiger charge is 2.15. The molecule has 0 aliphatic carbocycles. The van der Waals surface area contributed by atoms with Gasteiger partial charge in [-0.05, 0) is 73.5 Å². The number of fused-ring (bicyclic) bond motifs is 1. The maximum absolute atomic E-state index is 12.6. The first-order valence-corrected chi connectivity index (χ1v) is 11.2. The van der Waals surface area contributed by atoms with Gasteiger partial charge in [-0.25, -0.2) is 8.42 Å². The van der Waals surface area contributed by atoms with Crippen molar-refractivity contribution < 1.29 is 13.2 Å². The Bertz CT molecular complexity index is 1380. The van der Waals surface area contributed by atoms with Crippen LogP contribution in [0.3, 0.4) is 0 Å². The zero-order valence-corrected chi connectivity index (χ0v) is 17.9. The Hall–Kier alpha value is -3.71. The van der Waals surface area contributed by atoms with Crippen molar-refractivity contribution in [3.8, 4) is 0 Å². The normalized spacial score (nSPS) is 11.3. The number of carbonyl (C=O) groups excluding carboxylic acids is 1. The van der Waals surface area contributed by atoms with Crippen LogP contribution >= 0.6 is 0 Å². The average molecular weight is 432 g/mol. The second kappa shape index (κ2) is 8.20. The first kappa shape index (κ1) is 20.6. The number of amides is 1. The highest BCUT2D eigenvalue weighted by Crippen LogP contribution is 2.20. The largest absolute Gasteiger partial charge is 0.321 e. The highest BCUT2D eigenvalue weighted by atomic mass is 32.2. The van der Waals surface area contributed by atoms with Gasteiger partial charge in [0, 0.05) is 16.6 Å². The van der Waals surface area contributed by atoms with E-state index < -0.39 is 10.0 Å². The van der Waals surface area contributed by atoms with Crippen molar-refractivity contribution >= 4 is 38.2 Å². The Balaban J connectivity index is 1.47. The fourth-order valence-electron chi connectivity index (χ4n) is 3.13. The monoisotopic (exact) mass is 431 g/mol. The van der Waals surface area contributed by atoms with Gasteiger partial charge in [-0.2, -0.15) is 0 Å². The Labute approximate surface area is 181 Å². The molecule has 1 aromatic heterocycles. The second-order valence-corrected chi connectivity index (χ2v) is 8.98. The predicted molar refractivity (Wildman–Crippen MR) is 123 cm³/mol. The van der Waals surface area contributed by atoms with E-state index in [1.165, 1.54) is 0 Å². The molecular weight excluding hydrogens is 410 g/mol. The molecule has 2 N–H and O–H groups in total. The van der Waals surface area contributed by atoms with E-state index in [1.54, 1.807) is 48.7 Å². The summed E-state index contributed by atoms with van der Waals surface area (Å²) in [6, 6.07) is 20.7. The molecule has 1 heterocycles. The summed E-state index contributed by atoms with van der Waals surface area (Å²) >= 11 is 0. The van der Waals surface area contributed by atoms with Gasteiger partial charge in [0.2, 0.25) is 0 Å². The lowest BCUT2D eigenvalue weighted by molar-refractivity contribution is 0.102. The molecule has 4 rings (SSSR count). The Morgan fingerprint density at radius 2 is 1.58 bits per heavy atom. The smallest absolute Gasteiger partial charge is 0.261 e. The van der Waals surface area contributed by atoms with Gasteiger partial charge in [-0.15, -0.1) is 0 Å². The molecule has 4 aromatic rings. The topological polar surface area (TPSA) is 88.2 Å². The van der Waals surface area contributed by atoms with E-state index in [1.807, 2.05) is 44.2 Å². The number of aromatic nitrogens is 1. The maximum atomic E-state index is 12.6. The van der Waals surface area contributed by atoms with Crippen molar-refractivity contribution in [2.24, 2.45) is 0 Å². The van der Waals surface area contributed by atoms with Gasteiger partial charge in [0.15, 0.2) is 0 Å². The first-order chi connectivity index (χ1) is 14.8. The minimum absolute atomic E-state index is 0.196.